The molecular weight excluding hydrogens is 368 g/mol. The molecule has 0 unspecified atom stereocenters. The first-order valence-corrected chi connectivity index (χ1v) is 9.50. The number of ketones is 1. The Bertz CT molecular complexity index is 1120. The minimum atomic E-state index is -0.414. The Kier molecular flexibility index (Phi) is 4.08. The molecule has 7 nitrogen and oxygen atoms in total. The molecule has 1 aliphatic heterocycles. The molecule has 0 spiro atoms. The fourth-order valence-corrected chi connectivity index (χ4v) is 4.29. The van der Waals surface area contributed by atoms with Gasteiger partial charge < -0.3 is 15.2 Å². The standard InChI is InChI=1S/C22H20N4O3/c1-29-19-11-14(7-8-17(19)27)21-20-16(25-22-23-12-24-26(21)22)9-15(10-18(20)28)13-5-3-2-4-6-13/h2-8,11-12,15,21,27H,9-10H2,1H3,(H,23,24,25)/t15-,21-/m0/s1. The van der Waals surface area contributed by atoms with Gasteiger partial charge >= 0.3 is 0 Å². The van der Waals surface area contributed by atoms with Crippen LogP contribution < -0.4 is 10.1 Å². The van der Waals surface area contributed by atoms with Gasteiger partial charge in [-0.25, -0.2) is 4.68 Å². The van der Waals surface area contributed by atoms with E-state index in [-0.39, 0.29) is 17.5 Å². The number of allylic oxidation sites excluding steroid dienone is 2. The van der Waals surface area contributed by atoms with Crippen LogP contribution in [0.1, 0.15) is 35.9 Å². The molecule has 2 atom stereocenters. The number of carbonyl (C=O) groups is 1. The molecule has 0 fully saturated rings. The predicted molar refractivity (Wildman–Crippen MR) is 107 cm³/mol. The number of hydrogen-bond donors (Lipinski definition) is 2. The Hall–Kier alpha value is -3.61. The zero-order chi connectivity index (χ0) is 20.0. The second-order valence-electron chi connectivity index (χ2n) is 7.32. The van der Waals surface area contributed by atoms with Crippen LogP contribution in [0.2, 0.25) is 0 Å². The number of aromatic nitrogens is 3. The summed E-state index contributed by atoms with van der Waals surface area (Å²) < 4.78 is 6.99. The van der Waals surface area contributed by atoms with Gasteiger partial charge in [-0.2, -0.15) is 10.1 Å². The molecule has 0 bridgehead atoms. The molecular formula is C22H20N4O3. The monoisotopic (exact) mass is 388 g/mol. The number of fused-ring (bicyclic) bond motifs is 1. The lowest BCUT2D eigenvalue weighted by Crippen LogP contribution is -2.33. The topological polar surface area (TPSA) is 89.3 Å². The number of aromatic hydroxyl groups is 1. The average molecular weight is 388 g/mol. The highest BCUT2D eigenvalue weighted by molar-refractivity contribution is 6.00. The van der Waals surface area contributed by atoms with Crippen LogP contribution in [0.25, 0.3) is 0 Å². The van der Waals surface area contributed by atoms with Crippen molar-refractivity contribution >= 4 is 11.7 Å². The molecule has 0 saturated carbocycles. The summed E-state index contributed by atoms with van der Waals surface area (Å²) in [6.45, 7) is 0. The van der Waals surface area contributed by atoms with Gasteiger partial charge in [0, 0.05) is 17.7 Å². The number of rotatable bonds is 3. The highest BCUT2D eigenvalue weighted by atomic mass is 16.5. The van der Waals surface area contributed by atoms with Gasteiger partial charge in [-0.3, -0.25) is 4.79 Å². The molecule has 2 aliphatic rings. The number of anilines is 1. The largest absolute Gasteiger partial charge is 0.504 e. The second-order valence-corrected chi connectivity index (χ2v) is 7.32. The van der Waals surface area contributed by atoms with Crippen LogP contribution in [0.5, 0.6) is 11.5 Å². The van der Waals surface area contributed by atoms with Crippen LogP contribution in [-0.4, -0.2) is 32.8 Å². The Labute approximate surface area is 167 Å². The van der Waals surface area contributed by atoms with Crippen molar-refractivity contribution in [2.45, 2.75) is 24.8 Å². The molecule has 146 valence electrons. The molecule has 29 heavy (non-hydrogen) atoms. The van der Waals surface area contributed by atoms with Crippen molar-refractivity contribution < 1.29 is 14.6 Å². The van der Waals surface area contributed by atoms with Crippen LogP contribution in [0.4, 0.5) is 5.95 Å². The minimum absolute atomic E-state index is 0.0531. The number of hydrogen-bond acceptors (Lipinski definition) is 6. The number of phenols is 1. The van der Waals surface area contributed by atoms with Crippen LogP contribution in [0, 0.1) is 0 Å². The molecule has 3 aromatic rings. The van der Waals surface area contributed by atoms with E-state index < -0.39 is 6.04 Å². The van der Waals surface area contributed by atoms with E-state index in [9.17, 15) is 9.90 Å². The van der Waals surface area contributed by atoms with Crippen molar-refractivity contribution in [3.63, 3.8) is 0 Å². The first-order chi connectivity index (χ1) is 14.2. The van der Waals surface area contributed by atoms with Crippen LogP contribution in [0.3, 0.4) is 0 Å². The molecule has 0 amide bonds. The number of nitrogens with zero attached hydrogens (tertiary/aromatic N) is 3. The van der Waals surface area contributed by atoms with Crippen molar-refractivity contribution in [1.82, 2.24) is 14.8 Å². The summed E-state index contributed by atoms with van der Waals surface area (Å²) in [5.41, 5.74) is 3.55. The van der Waals surface area contributed by atoms with Gasteiger partial charge in [-0.05, 0) is 35.6 Å². The minimum Gasteiger partial charge on any atom is -0.504 e. The summed E-state index contributed by atoms with van der Waals surface area (Å²) in [6.07, 6.45) is 2.65. The van der Waals surface area contributed by atoms with E-state index >= 15 is 0 Å². The van der Waals surface area contributed by atoms with E-state index in [1.807, 2.05) is 18.2 Å². The average Bonchev–Trinajstić information content (AvgIpc) is 3.21. The lowest BCUT2D eigenvalue weighted by molar-refractivity contribution is -0.116. The normalized spacial score (nSPS) is 20.7. The Balaban J connectivity index is 1.61. The zero-order valence-electron chi connectivity index (χ0n) is 15.9. The van der Waals surface area contributed by atoms with Gasteiger partial charge in [-0.1, -0.05) is 36.4 Å². The van der Waals surface area contributed by atoms with Crippen molar-refractivity contribution in [3.05, 3.63) is 77.3 Å². The lowest BCUT2D eigenvalue weighted by Gasteiger charge is -2.35. The van der Waals surface area contributed by atoms with E-state index in [0.717, 1.165) is 23.2 Å². The smallest absolute Gasteiger partial charge is 0.226 e. The maximum atomic E-state index is 13.3. The maximum absolute atomic E-state index is 13.3. The van der Waals surface area contributed by atoms with Gasteiger partial charge in [0.25, 0.3) is 0 Å². The summed E-state index contributed by atoms with van der Waals surface area (Å²) in [7, 11) is 1.50. The molecule has 1 aliphatic carbocycles. The third kappa shape index (κ3) is 2.86. The maximum Gasteiger partial charge on any atom is 0.226 e. The highest BCUT2D eigenvalue weighted by Crippen LogP contribution is 2.44. The number of phenolic OH excluding ortho intramolecular Hbond substituents is 1. The first kappa shape index (κ1) is 17.5. The van der Waals surface area contributed by atoms with E-state index in [4.69, 9.17) is 4.74 Å². The highest BCUT2D eigenvalue weighted by Gasteiger charge is 2.39. The number of benzene rings is 2. The van der Waals surface area contributed by atoms with Crippen molar-refractivity contribution in [2.75, 3.05) is 12.4 Å². The van der Waals surface area contributed by atoms with Crippen LogP contribution >= 0.6 is 0 Å². The fraction of sp³-hybridized carbons (Fsp3) is 0.227. The van der Waals surface area contributed by atoms with E-state index in [0.29, 0.717) is 23.7 Å². The van der Waals surface area contributed by atoms with Crippen LogP contribution in [-0.2, 0) is 4.79 Å². The second kappa shape index (κ2) is 6.77. The molecule has 5 rings (SSSR count). The summed E-state index contributed by atoms with van der Waals surface area (Å²) in [4.78, 5) is 17.6. The molecule has 2 aromatic carbocycles. The van der Waals surface area contributed by atoms with Gasteiger partial charge in [-0.15, -0.1) is 0 Å². The van der Waals surface area contributed by atoms with E-state index in [1.54, 1.807) is 22.9 Å². The molecule has 0 radical (unpaired) electrons. The summed E-state index contributed by atoms with van der Waals surface area (Å²) in [5.74, 6) is 1.22. The summed E-state index contributed by atoms with van der Waals surface area (Å²) in [5, 5.41) is 17.6. The molecule has 1 aromatic heterocycles. The predicted octanol–water partition coefficient (Wildman–Crippen LogP) is 3.41. The third-order valence-corrected chi connectivity index (χ3v) is 5.65. The number of nitrogens with one attached hydrogen (secondary N) is 1. The van der Waals surface area contributed by atoms with Gasteiger partial charge in [0.05, 0.1) is 7.11 Å². The van der Waals surface area contributed by atoms with Gasteiger partial charge in [0.1, 0.15) is 12.4 Å². The third-order valence-electron chi connectivity index (χ3n) is 5.65. The van der Waals surface area contributed by atoms with Crippen LogP contribution in [0.15, 0.2) is 66.1 Å². The molecule has 0 saturated heterocycles. The summed E-state index contributed by atoms with van der Waals surface area (Å²) >= 11 is 0. The Morgan fingerprint density at radius 3 is 2.76 bits per heavy atom. The number of ether oxygens (including phenoxy) is 1. The Morgan fingerprint density at radius 2 is 1.97 bits per heavy atom. The van der Waals surface area contributed by atoms with E-state index in [2.05, 4.69) is 27.5 Å². The van der Waals surface area contributed by atoms with Gasteiger partial charge in [0.15, 0.2) is 17.3 Å². The molecule has 7 heteroatoms. The van der Waals surface area contributed by atoms with Crippen molar-refractivity contribution in [1.29, 1.82) is 0 Å². The van der Waals surface area contributed by atoms with Crippen molar-refractivity contribution in [2.24, 2.45) is 0 Å². The number of Topliss-reactive ketones (excluding diaryl/α,β-unsaturated/α-hetero) is 1. The zero-order valence-corrected chi connectivity index (χ0v) is 15.9. The van der Waals surface area contributed by atoms with Gasteiger partial charge in [0.2, 0.25) is 5.95 Å². The number of carbonyl (C=O) groups excluding carboxylic acids is 1. The molecule has 2 heterocycles. The Morgan fingerprint density at radius 1 is 1.14 bits per heavy atom. The van der Waals surface area contributed by atoms with Crippen molar-refractivity contribution in [3.8, 4) is 11.5 Å². The number of methoxy groups -OCH3 is 1. The van der Waals surface area contributed by atoms with E-state index in [1.165, 1.54) is 13.4 Å². The fourth-order valence-electron chi connectivity index (χ4n) is 4.29. The SMILES string of the molecule is COc1cc([C@H]2C3=C(C[C@H](c4ccccc4)CC3=O)Nc3ncnn32)ccc1O. The molecule has 2 N–H and O–H groups in total. The summed E-state index contributed by atoms with van der Waals surface area (Å²) in [6, 6.07) is 14.8. The lowest BCUT2D eigenvalue weighted by atomic mass is 9.78. The first-order valence-electron chi connectivity index (χ1n) is 9.50. The quantitative estimate of drug-likeness (QED) is 0.715.